The monoisotopic (exact) mass is 451 g/mol. The Morgan fingerprint density at radius 1 is 1.03 bits per heavy atom. The summed E-state index contributed by atoms with van der Waals surface area (Å²) in [5.74, 6) is 0.811. The fourth-order valence-corrected chi connectivity index (χ4v) is 3.88. The molecular formula is C23H22ClN5OS. The first-order valence-corrected chi connectivity index (χ1v) is 11.5. The molecular weight excluding hydrogens is 430 g/mol. The van der Waals surface area contributed by atoms with Gasteiger partial charge in [0, 0.05) is 16.3 Å². The summed E-state index contributed by atoms with van der Waals surface area (Å²) in [4.78, 5) is 12.4. The lowest BCUT2D eigenvalue weighted by Crippen LogP contribution is -2.14. The molecule has 0 unspecified atom stereocenters. The minimum absolute atomic E-state index is 0.0742. The van der Waals surface area contributed by atoms with E-state index >= 15 is 0 Å². The number of anilines is 1. The van der Waals surface area contributed by atoms with E-state index in [1.807, 2.05) is 36.4 Å². The molecule has 31 heavy (non-hydrogen) atoms. The van der Waals surface area contributed by atoms with Crippen LogP contribution in [0.25, 0.3) is 17.0 Å². The number of fused-ring (bicyclic) bond motifs is 1. The van der Waals surface area contributed by atoms with Crippen molar-refractivity contribution in [3.63, 3.8) is 0 Å². The molecule has 0 bridgehead atoms. The van der Waals surface area contributed by atoms with Crippen molar-refractivity contribution >= 4 is 40.6 Å². The van der Waals surface area contributed by atoms with Crippen molar-refractivity contribution in [1.82, 2.24) is 19.8 Å². The fourth-order valence-electron chi connectivity index (χ4n) is 3.10. The summed E-state index contributed by atoms with van der Waals surface area (Å²) >= 11 is 7.34. The van der Waals surface area contributed by atoms with Gasteiger partial charge in [-0.1, -0.05) is 48.8 Å². The Kier molecular flexibility index (Phi) is 6.84. The Morgan fingerprint density at radius 3 is 2.55 bits per heavy atom. The molecule has 0 spiro atoms. The molecule has 0 aliphatic rings. The second-order valence-electron chi connectivity index (χ2n) is 7.11. The fraction of sp³-hybridized carbons (Fsp3) is 0.217. The zero-order chi connectivity index (χ0) is 21.6. The maximum absolute atomic E-state index is 12.4. The van der Waals surface area contributed by atoms with E-state index < -0.39 is 0 Å². The number of rotatable bonds is 8. The maximum Gasteiger partial charge on any atom is 0.234 e. The van der Waals surface area contributed by atoms with Crippen molar-refractivity contribution in [3.05, 3.63) is 71.2 Å². The van der Waals surface area contributed by atoms with Crippen molar-refractivity contribution in [1.29, 1.82) is 0 Å². The lowest BCUT2D eigenvalue weighted by molar-refractivity contribution is -0.113. The van der Waals surface area contributed by atoms with Crippen LogP contribution in [0, 0.1) is 0 Å². The number of amides is 1. The van der Waals surface area contributed by atoms with E-state index in [-0.39, 0.29) is 11.7 Å². The first-order valence-electron chi connectivity index (χ1n) is 10.1. The average molecular weight is 452 g/mol. The van der Waals surface area contributed by atoms with Gasteiger partial charge in [0.1, 0.15) is 5.03 Å². The van der Waals surface area contributed by atoms with Crippen molar-refractivity contribution in [2.75, 3.05) is 11.1 Å². The van der Waals surface area contributed by atoms with Gasteiger partial charge in [-0.2, -0.15) is 9.61 Å². The number of carbonyl (C=O) groups excluding carboxylic acids is 1. The van der Waals surface area contributed by atoms with Crippen molar-refractivity contribution in [2.24, 2.45) is 0 Å². The predicted octanol–water partition coefficient (Wildman–Crippen LogP) is 5.52. The summed E-state index contributed by atoms with van der Waals surface area (Å²) in [7, 11) is 0. The van der Waals surface area contributed by atoms with Gasteiger partial charge in [-0.05, 0) is 66.9 Å². The first kappa shape index (κ1) is 21.3. The quantitative estimate of drug-likeness (QED) is 0.357. The van der Waals surface area contributed by atoms with E-state index in [1.54, 1.807) is 16.6 Å². The van der Waals surface area contributed by atoms with Crippen LogP contribution in [0.3, 0.4) is 0 Å². The highest BCUT2D eigenvalue weighted by Gasteiger charge is 2.11. The van der Waals surface area contributed by atoms with E-state index in [0.717, 1.165) is 17.7 Å². The molecule has 2 aromatic carbocycles. The highest BCUT2D eigenvalue weighted by Crippen LogP contribution is 2.22. The van der Waals surface area contributed by atoms with Gasteiger partial charge in [0.2, 0.25) is 5.91 Å². The molecule has 6 nitrogen and oxygen atoms in total. The van der Waals surface area contributed by atoms with E-state index in [1.165, 1.54) is 30.2 Å². The summed E-state index contributed by atoms with van der Waals surface area (Å²) in [6.07, 6.45) is 3.41. The molecule has 0 radical (unpaired) electrons. The number of halogens is 1. The molecule has 4 rings (SSSR count). The van der Waals surface area contributed by atoms with Gasteiger partial charge < -0.3 is 5.32 Å². The van der Waals surface area contributed by atoms with Crippen LogP contribution < -0.4 is 5.32 Å². The van der Waals surface area contributed by atoms with Crippen LogP contribution in [0.2, 0.25) is 5.02 Å². The average Bonchev–Trinajstić information content (AvgIpc) is 3.21. The summed E-state index contributed by atoms with van der Waals surface area (Å²) < 4.78 is 1.68. The van der Waals surface area contributed by atoms with Gasteiger partial charge in [-0.3, -0.25) is 4.79 Å². The highest BCUT2D eigenvalue weighted by atomic mass is 35.5. The molecule has 2 heterocycles. The van der Waals surface area contributed by atoms with Gasteiger partial charge >= 0.3 is 0 Å². The molecule has 8 heteroatoms. The molecule has 2 aromatic heterocycles. The normalized spacial score (nSPS) is 11.0. The van der Waals surface area contributed by atoms with Crippen molar-refractivity contribution in [3.8, 4) is 11.4 Å². The van der Waals surface area contributed by atoms with E-state index in [0.29, 0.717) is 21.5 Å². The van der Waals surface area contributed by atoms with Crippen LogP contribution in [-0.4, -0.2) is 31.5 Å². The number of hydrogen-bond acceptors (Lipinski definition) is 5. The largest absolute Gasteiger partial charge is 0.325 e. The van der Waals surface area contributed by atoms with Gasteiger partial charge in [0.15, 0.2) is 11.5 Å². The van der Waals surface area contributed by atoms with Crippen molar-refractivity contribution in [2.45, 2.75) is 31.2 Å². The number of aromatic nitrogens is 4. The summed E-state index contributed by atoms with van der Waals surface area (Å²) in [5.41, 5.74) is 3.60. The van der Waals surface area contributed by atoms with Crippen LogP contribution in [0.4, 0.5) is 5.69 Å². The standard InChI is InChI=1S/C23H22ClN5OS/c1-2-3-4-16-5-11-19(12-6-16)25-21(30)15-31-22-14-13-20-26-27-23(29(20)28-22)17-7-9-18(24)10-8-17/h5-14H,2-4,15H2,1H3,(H,25,30). The molecule has 0 saturated carbocycles. The molecule has 0 aliphatic heterocycles. The summed E-state index contributed by atoms with van der Waals surface area (Å²) in [5, 5.41) is 17.3. The Hall–Kier alpha value is -2.90. The number of benzene rings is 2. The second kappa shape index (κ2) is 9.94. The number of carbonyl (C=O) groups is 1. The number of hydrogen-bond donors (Lipinski definition) is 1. The van der Waals surface area contributed by atoms with Crippen molar-refractivity contribution < 1.29 is 4.79 Å². The predicted molar refractivity (Wildman–Crippen MR) is 126 cm³/mol. The topological polar surface area (TPSA) is 72.2 Å². The number of aryl methyl sites for hydroxylation is 1. The van der Waals surface area contributed by atoms with Crippen LogP contribution in [-0.2, 0) is 11.2 Å². The molecule has 0 fully saturated rings. The molecule has 0 saturated heterocycles. The second-order valence-corrected chi connectivity index (χ2v) is 8.54. The summed E-state index contributed by atoms with van der Waals surface area (Å²) in [6, 6.07) is 19.1. The highest BCUT2D eigenvalue weighted by molar-refractivity contribution is 7.99. The number of thioether (sulfide) groups is 1. The molecule has 1 amide bonds. The third kappa shape index (κ3) is 5.42. The minimum Gasteiger partial charge on any atom is -0.325 e. The lowest BCUT2D eigenvalue weighted by Gasteiger charge is -2.07. The molecule has 158 valence electrons. The Bertz CT molecular complexity index is 1180. The van der Waals surface area contributed by atoms with Gasteiger partial charge in [0.05, 0.1) is 5.75 Å². The summed E-state index contributed by atoms with van der Waals surface area (Å²) in [6.45, 7) is 2.18. The number of nitrogens with one attached hydrogen (secondary N) is 1. The SMILES string of the molecule is CCCCc1ccc(NC(=O)CSc2ccc3nnc(-c4ccc(Cl)cc4)n3n2)cc1. The Balaban J connectivity index is 1.40. The molecule has 4 aromatic rings. The van der Waals surface area contributed by atoms with Gasteiger partial charge in [-0.15, -0.1) is 10.2 Å². The molecule has 0 aliphatic carbocycles. The Labute approximate surface area is 190 Å². The van der Waals surface area contributed by atoms with Crippen LogP contribution in [0.15, 0.2) is 65.7 Å². The maximum atomic E-state index is 12.4. The van der Waals surface area contributed by atoms with Gasteiger partial charge in [-0.25, -0.2) is 0 Å². The van der Waals surface area contributed by atoms with Gasteiger partial charge in [0.25, 0.3) is 0 Å². The number of nitrogens with zero attached hydrogens (tertiary/aromatic N) is 4. The first-order chi connectivity index (χ1) is 15.1. The zero-order valence-corrected chi connectivity index (χ0v) is 18.7. The van der Waals surface area contributed by atoms with Crippen LogP contribution >= 0.6 is 23.4 Å². The van der Waals surface area contributed by atoms with Crippen LogP contribution in [0.1, 0.15) is 25.3 Å². The van der Waals surface area contributed by atoms with Crippen LogP contribution in [0.5, 0.6) is 0 Å². The van der Waals surface area contributed by atoms with E-state index in [2.05, 4.69) is 39.7 Å². The number of unbranched alkanes of at least 4 members (excludes halogenated alkanes) is 1. The smallest absolute Gasteiger partial charge is 0.234 e. The third-order valence-corrected chi connectivity index (χ3v) is 5.92. The lowest BCUT2D eigenvalue weighted by atomic mass is 10.1. The Morgan fingerprint density at radius 2 is 1.81 bits per heavy atom. The van der Waals surface area contributed by atoms with E-state index in [4.69, 9.17) is 11.6 Å². The molecule has 0 atom stereocenters. The third-order valence-electron chi connectivity index (χ3n) is 4.75. The molecule has 1 N–H and O–H groups in total. The zero-order valence-electron chi connectivity index (χ0n) is 17.1. The minimum atomic E-state index is -0.0742. The van der Waals surface area contributed by atoms with E-state index in [9.17, 15) is 4.79 Å².